The van der Waals surface area contributed by atoms with Gasteiger partial charge in [-0.25, -0.2) is 0 Å². The fourth-order valence-electron chi connectivity index (χ4n) is 5.49. The zero-order valence-corrected chi connectivity index (χ0v) is 25.2. The highest BCUT2D eigenvalue weighted by Gasteiger charge is 2.49. The first kappa shape index (κ1) is 30.2. The number of benzene rings is 3. The van der Waals surface area contributed by atoms with Gasteiger partial charge in [0.05, 0.1) is 18.5 Å². The molecule has 0 aliphatic carbocycles. The van der Waals surface area contributed by atoms with Crippen molar-refractivity contribution in [3.05, 3.63) is 101 Å². The van der Waals surface area contributed by atoms with E-state index in [1.165, 1.54) is 22.7 Å². The van der Waals surface area contributed by atoms with Crippen LogP contribution >= 0.6 is 11.8 Å². The van der Waals surface area contributed by atoms with Gasteiger partial charge in [0.1, 0.15) is 11.8 Å². The summed E-state index contributed by atoms with van der Waals surface area (Å²) in [5.41, 5.74) is 3.25. The molecule has 2 heterocycles. The number of H-pyrrole nitrogens is 1. The third-order valence-corrected chi connectivity index (χ3v) is 9.29. The van der Waals surface area contributed by atoms with Gasteiger partial charge in [0.25, 0.3) is 11.8 Å². The molecule has 3 amide bonds. The third-order valence-electron chi connectivity index (χ3n) is 7.91. The molecular weight excluding hydrogens is 564 g/mol. The van der Waals surface area contributed by atoms with Crippen LogP contribution in [-0.4, -0.2) is 66.6 Å². The Morgan fingerprint density at radius 3 is 2.51 bits per heavy atom. The Balaban J connectivity index is 1.35. The van der Waals surface area contributed by atoms with Crippen LogP contribution in [-0.2, 0) is 22.6 Å². The van der Waals surface area contributed by atoms with Crippen molar-refractivity contribution in [2.75, 3.05) is 5.88 Å². The van der Waals surface area contributed by atoms with Gasteiger partial charge in [-0.3, -0.25) is 14.4 Å². The van der Waals surface area contributed by atoms with Gasteiger partial charge < -0.3 is 30.7 Å². The summed E-state index contributed by atoms with van der Waals surface area (Å²) >= 11 is 1.46. The number of nitrogens with zero attached hydrogens (tertiary/aromatic N) is 1. The molecule has 0 saturated carbocycles. The van der Waals surface area contributed by atoms with E-state index in [1.54, 1.807) is 19.1 Å². The summed E-state index contributed by atoms with van der Waals surface area (Å²) in [6.07, 6.45) is -1.45. The number of aliphatic hydroxyl groups excluding tert-OH is 1. The lowest BCUT2D eigenvalue weighted by molar-refractivity contribution is -0.147. The molecule has 3 unspecified atom stereocenters. The second kappa shape index (κ2) is 12.5. The van der Waals surface area contributed by atoms with Crippen LogP contribution in [0.4, 0.5) is 0 Å². The molecule has 0 spiro atoms. The molecule has 10 heteroatoms. The number of para-hydroxylation sites is 1. The van der Waals surface area contributed by atoms with E-state index in [0.717, 1.165) is 22.2 Å². The number of carbonyl (C=O) groups is 3. The van der Waals surface area contributed by atoms with Crippen LogP contribution in [0.25, 0.3) is 10.9 Å². The molecule has 1 aromatic heterocycles. The minimum Gasteiger partial charge on any atom is -0.508 e. The lowest BCUT2D eigenvalue weighted by Gasteiger charge is -2.33. The maximum Gasteiger partial charge on any atom is 0.254 e. The molecule has 1 aliphatic heterocycles. The van der Waals surface area contributed by atoms with E-state index in [1.807, 2.05) is 74.5 Å². The van der Waals surface area contributed by atoms with E-state index in [-0.39, 0.29) is 36.1 Å². The molecule has 0 bridgehead atoms. The summed E-state index contributed by atoms with van der Waals surface area (Å²) in [5.74, 6) is -1.30. The van der Waals surface area contributed by atoms with Crippen molar-refractivity contribution in [3.63, 3.8) is 0 Å². The Labute approximate surface area is 254 Å². The van der Waals surface area contributed by atoms with Crippen LogP contribution in [0.2, 0.25) is 0 Å². The number of fused-ring (bicyclic) bond motifs is 1. The van der Waals surface area contributed by atoms with E-state index in [2.05, 4.69) is 15.6 Å². The number of thioether (sulfide) groups is 1. The number of nitrogens with one attached hydrogen (secondary N) is 3. The van der Waals surface area contributed by atoms with Gasteiger partial charge >= 0.3 is 0 Å². The van der Waals surface area contributed by atoms with E-state index >= 15 is 0 Å². The molecule has 9 nitrogen and oxygen atoms in total. The molecule has 0 radical (unpaired) electrons. The van der Waals surface area contributed by atoms with Gasteiger partial charge in [0.15, 0.2) is 6.10 Å². The SMILES string of the molecule is Cc1c(O)cccc1C(=O)NC(Cc1ccccc1)C(O)C(=O)N1CSC(C)(C)C1C(=O)NCc1cc2ccccc2[nH]1. The number of amides is 3. The van der Waals surface area contributed by atoms with Gasteiger partial charge in [-0.05, 0) is 62.4 Å². The van der Waals surface area contributed by atoms with Crippen molar-refractivity contribution < 1.29 is 24.6 Å². The number of aromatic amines is 1. The minimum absolute atomic E-state index is 0.0264. The molecule has 5 rings (SSSR count). The predicted octanol–water partition coefficient (Wildman–Crippen LogP) is 3.88. The molecule has 1 aliphatic rings. The van der Waals surface area contributed by atoms with Crippen LogP contribution in [0.1, 0.15) is 41.0 Å². The van der Waals surface area contributed by atoms with Crippen LogP contribution in [0.5, 0.6) is 5.75 Å². The highest BCUT2D eigenvalue weighted by molar-refractivity contribution is 8.00. The van der Waals surface area contributed by atoms with Crippen molar-refractivity contribution in [2.24, 2.45) is 0 Å². The number of carbonyl (C=O) groups excluding carboxylic acids is 3. The lowest BCUT2D eigenvalue weighted by Crippen LogP contribution is -2.58. The molecule has 224 valence electrons. The minimum atomic E-state index is -1.62. The Kier molecular flexibility index (Phi) is 8.79. The van der Waals surface area contributed by atoms with E-state index < -0.39 is 34.7 Å². The van der Waals surface area contributed by atoms with Crippen LogP contribution < -0.4 is 10.6 Å². The second-order valence-electron chi connectivity index (χ2n) is 11.4. The summed E-state index contributed by atoms with van der Waals surface area (Å²) in [5, 5.41) is 28.4. The van der Waals surface area contributed by atoms with Crippen molar-refractivity contribution in [2.45, 2.75) is 56.7 Å². The van der Waals surface area contributed by atoms with Gasteiger partial charge in [-0.1, -0.05) is 54.6 Å². The van der Waals surface area contributed by atoms with Crippen molar-refractivity contribution in [3.8, 4) is 5.75 Å². The van der Waals surface area contributed by atoms with Crippen LogP contribution in [0, 0.1) is 6.92 Å². The molecule has 1 saturated heterocycles. The lowest BCUT2D eigenvalue weighted by atomic mass is 9.96. The zero-order chi connectivity index (χ0) is 30.7. The fraction of sp³-hybridized carbons (Fsp3) is 0.303. The summed E-state index contributed by atoms with van der Waals surface area (Å²) < 4.78 is -0.614. The Bertz CT molecular complexity index is 1600. The number of hydrogen-bond donors (Lipinski definition) is 5. The molecule has 43 heavy (non-hydrogen) atoms. The third kappa shape index (κ3) is 6.55. The monoisotopic (exact) mass is 600 g/mol. The molecule has 3 atom stereocenters. The van der Waals surface area contributed by atoms with Gasteiger partial charge in [-0.2, -0.15) is 0 Å². The highest BCUT2D eigenvalue weighted by atomic mass is 32.2. The molecule has 3 aromatic carbocycles. The first-order valence-corrected chi connectivity index (χ1v) is 15.1. The van der Waals surface area contributed by atoms with Gasteiger partial charge in [0, 0.05) is 27.1 Å². The summed E-state index contributed by atoms with van der Waals surface area (Å²) in [6, 6.07) is 21.9. The van der Waals surface area contributed by atoms with Crippen LogP contribution in [0.15, 0.2) is 78.9 Å². The molecule has 4 aromatic rings. The van der Waals surface area contributed by atoms with Crippen molar-refractivity contribution >= 4 is 40.4 Å². The van der Waals surface area contributed by atoms with Gasteiger partial charge in [-0.15, -0.1) is 11.8 Å². The number of phenolic OH excluding ortho intramolecular Hbond substituents is 1. The molecule has 5 N–H and O–H groups in total. The maximum absolute atomic E-state index is 13.9. The first-order chi connectivity index (χ1) is 20.5. The van der Waals surface area contributed by atoms with Crippen molar-refractivity contribution in [1.82, 2.24) is 20.5 Å². The number of aromatic nitrogens is 1. The molecular formula is C33H36N4O5S. The summed E-state index contributed by atoms with van der Waals surface area (Å²) in [4.78, 5) is 45.5. The largest absolute Gasteiger partial charge is 0.508 e. The van der Waals surface area contributed by atoms with Gasteiger partial charge in [0.2, 0.25) is 5.91 Å². The van der Waals surface area contributed by atoms with E-state index in [4.69, 9.17) is 0 Å². The predicted molar refractivity (Wildman–Crippen MR) is 168 cm³/mol. The average molecular weight is 601 g/mol. The van der Waals surface area contributed by atoms with E-state index in [9.17, 15) is 24.6 Å². The number of aliphatic hydroxyl groups is 1. The average Bonchev–Trinajstić information content (AvgIpc) is 3.56. The number of rotatable bonds is 9. The van der Waals surface area contributed by atoms with Crippen LogP contribution in [0.3, 0.4) is 0 Å². The quantitative estimate of drug-likeness (QED) is 0.198. The second-order valence-corrected chi connectivity index (χ2v) is 13.0. The Hall–Kier alpha value is -4.28. The van der Waals surface area contributed by atoms with E-state index in [0.29, 0.717) is 5.56 Å². The highest BCUT2D eigenvalue weighted by Crippen LogP contribution is 2.40. The fourth-order valence-corrected chi connectivity index (χ4v) is 6.63. The summed E-state index contributed by atoms with van der Waals surface area (Å²) in [6.45, 7) is 5.68. The topological polar surface area (TPSA) is 135 Å². The number of aromatic hydroxyl groups is 1. The zero-order valence-electron chi connectivity index (χ0n) is 24.3. The maximum atomic E-state index is 13.9. The molecule has 1 fully saturated rings. The smallest absolute Gasteiger partial charge is 0.254 e. The first-order valence-electron chi connectivity index (χ1n) is 14.2. The Morgan fingerprint density at radius 2 is 1.77 bits per heavy atom. The normalized spacial score (nSPS) is 17.4. The van der Waals surface area contributed by atoms with Crippen molar-refractivity contribution in [1.29, 1.82) is 0 Å². The number of phenols is 1. The Morgan fingerprint density at radius 1 is 1.05 bits per heavy atom. The number of hydrogen-bond acceptors (Lipinski definition) is 6. The standard InChI is InChI=1S/C33H36N4O5S/c1-20-24(13-9-15-27(20)38)30(40)36-26(16-21-10-5-4-6-11-21)28(39)32(42)37-19-43-33(2,3)29(37)31(41)34-18-23-17-22-12-7-8-14-25(22)35-23/h4-15,17,26,28-29,35,38-39H,16,18-19H2,1-3H3,(H,34,41)(H,36,40). The summed E-state index contributed by atoms with van der Waals surface area (Å²) in [7, 11) is 0.